The van der Waals surface area contributed by atoms with Crippen LogP contribution in [-0.4, -0.2) is 22.7 Å². The molecule has 0 atom stereocenters. The number of carbonyl (C=O) groups is 1. The molecule has 1 heterocycles. The highest BCUT2D eigenvalue weighted by molar-refractivity contribution is 5.95. The fraction of sp³-hybridized carbons (Fsp3) is 0.158. The second kappa shape index (κ2) is 7.00. The van der Waals surface area contributed by atoms with Gasteiger partial charge in [-0.15, -0.1) is 0 Å². The molecule has 2 aromatic carbocycles. The Morgan fingerprint density at radius 3 is 2.54 bits per heavy atom. The van der Waals surface area contributed by atoms with Crippen molar-refractivity contribution in [2.45, 2.75) is 13.8 Å². The first-order valence-corrected chi connectivity index (χ1v) is 7.74. The fourth-order valence-corrected chi connectivity index (χ4v) is 2.51. The van der Waals surface area contributed by atoms with Gasteiger partial charge in [-0.25, -0.2) is 0 Å². The SMILES string of the molecule is Cc1ccccc1OCC(=O)Nc1n[nH]c(C)c1-c1ccccc1. The molecule has 0 aliphatic rings. The maximum absolute atomic E-state index is 12.2. The van der Waals surface area contributed by atoms with Crippen LogP contribution in [0, 0.1) is 13.8 Å². The molecule has 5 nitrogen and oxygen atoms in total. The van der Waals surface area contributed by atoms with E-state index in [9.17, 15) is 4.79 Å². The van der Waals surface area contributed by atoms with Gasteiger partial charge in [-0.2, -0.15) is 5.10 Å². The molecule has 1 amide bonds. The summed E-state index contributed by atoms with van der Waals surface area (Å²) >= 11 is 0. The van der Waals surface area contributed by atoms with E-state index in [0.29, 0.717) is 11.6 Å². The van der Waals surface area contributed by atoms with Crippen LogP contribution in [0.2, 0.25) is 0 Å². The number of aromatic nitrogens is 2. The first kappa shape index (κ1) is 15.8. The third-order valence-corrected chi connectivity index (χ3v) is 3.72. The maximum atomic E-state index is 12.2. The van der Waals surface area contributed by atoms with Crippen LogP contribution in [0.5, 0.6) is 5.75 Å². The smallest absolute Gasteiger partial charge is 0.263 e. The Hall–Kier alpha value is -3.08. The number of nitrogens with zero attached hydrogens (tertiary/aromatic N) is 1. The van der Waals surface area contributed by atoms with Gasteiger partial charge in [-0.1, -0.05) is 48.5 Å². The molecule has 0 saturated carbocycles. The lowest BCUT2D eigenvalue weighted by Crippen LogP contribution is -2.21. The summed E-state index contributed by atoms with van der Waals surface area (Å²) in [5.74, 6) is 0.966. The maximum Gasteiger partial charge on any atom is 0.263 e. The van der Waals surface area contributed by atoms with Crippen LogP contribution in [0.25, 0.3) is 11.1 Å². The van der Waals surface area contributed by atoms with Crippen LogP contribution in [0.4, 0.5) is 5.82 Å². The molecule has 1 aromatic heterocycles. The Bertz CT molecular complexity index is 841. The van der Waals surface area contributed by atoms with E-state index in [1.54, 1.807) is 0 Å². The van der Waals surface area contributed by atoms with Crippen molar-refractivity contribution in [3.05, 3.63) is 65.9 Å². The zero-order valence-corrected chi connectivity index (χ0v) is 13.7. The second-order valence-corrected chi connectivity index (χ2v) is 5.54. The highest BCUT2D eigenvalue weighted by Crippen LogP contribution is 2.29. The molecule has 0 fully saturated rings. The third kappa shape index (κ3) is 3.46. The zero-order chi connectivity index (χ0) is 16.9. The molecule has 0 bridgehead atoms. The molecule has 5 heteroatoms. The summed E-state index contributed by atoms with van der Waals surface area (Å²) in [4.78, 5) is 12.2. The molecule has 122 valence electrons. The number of rotatable bonds is 5. The minimum absolute atomic E-state index is 0.0645. The van der Waals surface area contributed by atoms with Crippen LogP contribution in [0.1, 0.15) is 11.3 Å². The topological polar surface area (TPSA) is 67.0 Å². The number of ether oxygens (including phenoxy) is 1. The number of carbonyl (C=O) groups excluding carboxylic acids is 1. The molecule has 0 unspecified atom stereocenters. The van der Waals surface area contributed by atoms with Gasteiger partial charge in [-0.3, -0.25) is 9.89 Å². The standard InChI is InChI=1S/C19H19N3O2/c1-13-8-6-7-11-16(13)24-12-17(23)20-19-18(14(2)21-22-19)15-9-4-3-5-10-15/h3-11H,12H2,1-2H3,(H2,20,21,22,23). The Kier molecular flexibility index (Phi) is 4.61. The summed E-state index contributed by atoms with van der Waals surface area (Å²) in [5.41, 5.74) is 3.78. The van der Waals surface area contributed by atoms with Crippen molar-refractivity contribution in [3.8, 4) is 16.9 Å². The summed E-state index contributed by atoms with van der Waals surface area (Å²) in [7, 11) is 0. The van der Waals surface area contributed by atoms with Gasteiger partial charge < -0.3 is 10.1 Å². The van der Waals surface area contributed by atoms with Gasteiger partial charge in [0.25, 0.3) is 5.91 Å². The summed E-state index contributed by atoms with van der Waals surface area (Å²) in [5, 5.41) is 9.92. The van der Waals surface area contributed by atoms with E-state index in [4.69, 9.17) is 4.74 Å². The number of aromatic amines is 1. The van der Waals surface area contributed by atoms with Crippen LogP contribution in [0.3, 0.4) is 0 Å². The fourth-order valence-electron chi connectivity index (χ4n) is 2.51. The van der Waals surface area contributed by atoms with Crippen LogP contribution in [0.15, 0.2) is 54.6 Å². The molecular formula is C19H19N3O2. The molecule has 0 aliphatic heterocycles. The van der Waals surface area contributed by atoms with E-state index in [0.717, 1.165) is 22.4 Å². The summed E-state index contributed by atoms with van der Waals surface area (Å²) in [6, 6.07) is 17.4. The largest absolute Gasteiger partial charge is 0.483 e. The third-order valence-electron chi connectivity index (χ3n) is 3.72. The highest BCUT2D eigenvalue weighted by atomic mass is 16.5. The highest BCUT2D eigenvalue weighted by Gasteiger charge is 2.15. The molecule has 0 spiro atoms. The van der Waals surface area contributed by atoms with Crippen LogP contribution in [-0.2, 0) is 4.79 Å². The zero-order valence-electron chi connectivity index (χ0n) is 13.7. The molecule has 0 aliphatic carbocycles. The number of nitrogens with one attached hydrogen (secondary N) is 2. The predicted octanol–water partition coefficient (Wildman–Crippen LogP) is 3.71. The lowest BCUT2D eigenvalue weighted by Gasteiger charge is -2.09. The normalized spacial score (nSPS) is 10.4. The van der Waals surface area contributed by atoms with Gasteiger partial charge in [0, 0.05) is 11.3 Å². The number of H-pyrrole nitrogens is 1. The van der Waals surface area contributed by atoms with E-state index in [-0.39, 0.29) is 12.5 Å². The van der Waals surface area contributed by atoms with Gasteiger partial charge in [0.2, 0.25) is 0 Å². The van der Waals surface area contributed by atoms with Gasteiger partial charge >= 0.3 is 0 Å². The van der Waals surface area contributed by atoms with Crippen molar-refractivity contribution in [1.29, 1.82) is 0 Å². The van der Waals surface area contributed by atoms with Crippen molar-refractivity contribution in [1.82, 2.24) is 10.2 Å². The number of hydrogen-bond donors (Lipinski definition) is 2. The van der Waals surface area contributed by atoms with Crippen molar-refractivity contribution in [2.24, 2.45) is 0 Å². The van der Waals surface area contributed by atoms with Gasteiger partial charge in [0.05, 0.1) is 0 Å². The monoisotopic (exact) mass is 321 g/mol. The molecule has 0 radical (unpaired) electrons. The number of para-hydroxylation sites is 1. The quantitative estimate of drug-likeness (QED) is 0.753. The van der Waals surface area contributed by atoms with E-state index < -0.39 is 0 Å². The summed E-state index contributed by atoms with van der Waals surface area (Å²) in [6.07, 6.45) is 0. The molecule has 2 N–H and O–H groups in total. The molecule has 24 heavy (non-hydrogen) atoms. The minimum atomic E-state index is -0.248. The van der Waals surface area contributed by atoms with Crippen LogP contribution < -0.4 is 10.1 Å². The van der Waals surface area contributed by atoms with E-state index in [1.807, 2.05) is 68.4 Å². The average molecular weight is 321 g/mol. The van der Waals surface area contributed by atoms with Crippen molar-refractivity contribution >= 4 is 11.7 Å². The summed E-state index contributed by atoms with van der Waals surface area (Å²) in [6.45, 7) is 3.80. The number of hydrogen-bond acceptors (Lipinski definition) is 3. The number of aryl methyl sites for hydroxylation is 2. The van der Waals surface area contributed by atoms with E-state index in [1.165, 1.54) is 0 Å². The van der Waals surface area contributed by atoms with Gasteiger partial charge in [0.1, 0.15) is 5.75 Å². The van der Waals surface area contributed by atoms with Crippen molar-refractivity contribution < 1.29 is 9.53 Å². The Balaban J connectivity index is 1.71. The summed E-state index contributed by atoms with van der Waals surface area (Å²) < 4.78 is 5.57. The van der Waals surface area contributed by atoms with E-state index >= 15 is 0 Å². The Morgan fingerprint density at radius 2 is 1.79 bits per heavy atom. The molecule has 3 rings (SSSR count). The lowest BCUT2D eigenvalue weighted by molar-refractivity contribution is -0.118. The van der Waals surface area contributed by atoms with E-state index in [2.05, 4.69) is 15.5 Å². The van der Waals surface area contributed by atoms with Crippen LogP contribution >= 0.6 is 0 Å². The molecular weight excluding hydrogens is 302 g/mol. The van der Waals surface area contributed by atoms with Crippen molar-refractivity contribution in [2.75, 3.05) is 11.9 Å². The van der Waals surface area contributed by atoms with Gasteiger partial charge in [0.15, 0.2) is 12.4 Å². The number of benzene rings is 2. The van der Waals surface area contributed by atoms with Crippen molar-refractivity contribution in [3.63, 3.8) is 0 Å². The van der Waals surface area contributed by atoms with Gasteiger partial charge in [-0.05, 0) is 31.0 Å². The number of amides is 1. The second-order valence-electron chi connectivity index (χ2n) is 5.54. The molecule has 3 aromatic rings. The Labute approximate surface area is 140 Å². The minimum Gasteiger partial charge on any atom is -0.483 e. The predicted molar refractivity (Wildman–Crippen MR) is 94.1 cm³/mol. The average Bonchev–Trinajstić information content (AvgIpc) is 2.95. The first-order valence-electron chi connectivity index (χ1n) is 7.74. The first-order chi connectivity index (χ1) is 11.6. The Morgan fingerprint density at radius 1 is 1.08 bits per heavy atom. The number of anilines is 1. The lowest BCUT2D eigenvalue weighted by atomic mass is 10.1. The molecule has 0 saturated heterocycles.